The second kappa shape index (κ2) is 5.72. The molecule has 2 N–H and O–H groups in total. The molecule has 2 fully saturated rings. The molecule has 1 saturated carbocycles. The Morgan fingerprint density at radius 2 is 2.28 bits per heavy atom. The van der Waals surface area contributed by atoms with Gasteiger partial charge in [-0.15, -0.1) is 11.3 Å². The van der Waals surface area contributed by atoms with Crippen molar-refractivity contribution in [3.8, 4) is 0 Å². The van der Waals surface area contributed by atoms with E-state index < -0.39 is 0 Å². The minimum atomic E-state index is 0.713. The number of hydrogen-bond acceptors (Lipinski definition) is 3. The molecular formula is C15H24N2S. The Balaban J connectivity index is 1.70. The van der Waals surface area contributed by atoms with Gasteiger partial charge in [-0.2, -0.15) is 0 Å². The lowest BCUT2D eigenvalue weighted by Gasteiger charge is -2.38. The summed E-state index contributed by atoms with van der Waals surface area (Å²) in [6, 6.07) is 5.25. The van der Waals surface area contributed by atoms with Crippen LogP contribution in [0.2, 0.25) is 0 Å². The Kier molecular flexibility index (Phi) is 4.02. The molecule has 18 heavy (non-hydrogen) atoms. The summed E-state index contributed by atoms with van der Waals surface area (Å²) in [6.45, 7) is 3.42. The smallest absolute Gasteiger partial charge is 0.0469 e. The fourth-order valence-electron chi connectivity index (χ4n) is 3.40. The monoisotopic (exact) mass is 264 g/mol. The Labute approximate surface area is 114 Å². The van der Waals surface area contributed by atoms with E-state index in [1.807, 2.05) is 11.3 Å². The van der Waals surface area contributed by atoms with Gasteiger partial charge in [-0.1, -0.05) is 6.07 Å². The summed E-state index contributed by atoms with van der Waals surface area (Å²) >= 11 is 1.94. The molecule has 2 aliphatic rings. The van der Waals surface area contributed by atoms with Crippen LogP contribution in [0, 0.1) is 11.8 Å². The maximum atomic E-state index is 5.73. The van der Waals surface area contributed by atoms with Crippen LogP contribution in [-0.2, 0) is 0 Å². The third-order valence-corrected chi connectivity index (χ3v) is 5.36. The van der Waals surface area contributed by atoms with E-state index in [-0.39, 0.29) is 0 Å². The first kappa shape index (κ1) is 12.6. The van der Waals surface area contributed by atoms with Crippen LogP contribution in [0.25, 0.3) is 0 Å². The maximum absolute atomic E-state index is 5.73. The van der Waals surface area contributed by atoms with Crippen LogP contribution in [0.4, 0.5) is 0 Å². The molecule has 100 valence electrons. The van der Waals surface area contributed by atoms with Gasteiger partial charge in [0, 0.05) is 17.5 Å². The molecule has 2 heterocycles. The molecular weight excluding hydrogens is 240 g/mol. The SMILES string of the molecule is NCCC1CCCN(C(c2cccs2)C2CC2)C1. The summed E-state index contributed by atoms with van der Waals surface area (Å²) in [5.41, 5.74) is 5.73. The van der Waals surface area contributed by atoms with Crippen LogP contribution < -0.4 is 5.73 Å². The van der Waals surface area contributed by atoms with Crippen LogP contribution in [-0.4, -0.2) is 24.5 Å². The van der Waals surface area contributed by atoms with E-state index in [0.717, 1.165) is 18.4 Å². The van der Waals surface area contributed by atoms with Gasteiger partial charge in [0.05, 0.1) is 0 Å². The van der Waals surface area contributed by atoms with Gasteiger partial charge in [0.25, 0.3) is 0 Å². The van der Waals surface area contributed by atoms with E-state index in [1.165, 1.54) is 45.2 Å². The van der Waals surface area contributed by atoms with E-state index >= 15 is 0 Å². The van der Waals surface area contributed by atoms with Crippen molar-refractivity contribution in [2.24, 2.45) is 17.6 Å². The van der Waals surface area contributed by atoms with Crippen LogP contribution in [0.15, 0.2) is 17.5 Å². The maximum Gasteiger partial charge on any atom is 0.0469 e. The number of rotatable bonds is 5. The van der Waals surface area contributed by atoms with Crippen molar-refractivity contribution in [3.63, 3.8) is 0 Å². The predicted octanol–water partition coefficient (Wildman–Crippen LogP) is 3.26. The van der Waals surface area contributed by atoms with Crippen molar-refractivity contribution in [2.45, 2.75) is 38.1 Å². The van der Waals surface area contributed by atoms with Gasteiger partial charge in [-0.25, -0.2) is 0 Å². The standard InChI is InChI=1S/C15H24N2S/c16-8-7-12-3-1-9-17(11-12)15(13-5-6-13)14-4-2-10-18-14/h2,4,10,12-13,15H,1,3,5-9,11,16H2. The molecule has 0 aromatic carbocycles. The highest BCUT2D eigenvalue weighted by molar-refractivity contribution is 7.10. The van der Waals surface area contributed by atoms with Gasteiger partial charge in [0.15, 0.2) is 0 Å². The number of piperidine rings is 1. The van der Waals surface area contributed by atoms with Gasteiger partial charge in [-0.3, -0.25) is 4.90 Å². The molecule has 1 aromatic rings. The van der Waals surface area contributed by atoms with Crippen LogP contribution >= 0.6 is 11.3 Å². The van der Waals surface area contributed by atoms with Crippen molar-refractivity contribution in [1.29, 1.82) is 0 Å². The molecule has 0 spiro atoms. The van der Waals surface area contributed by atoms with E-state index in [2.05, 4.69) is 22.4 Å². The zero-order valence-electron chi connectivity index (χ0n) is 11.1. The molecule has 1 saturated heterocycles. The summed E-state index contributed by atoms with van der Waals surface area (Å²) in [5, 5.41) is 2.23. The lowest BCUT2D eigenvalue weighted by atomic mass is 9.92. The lowest BCUT2D eigenvalue weighted by molar-refractivity contribution is 0.109. The first-order valence-corrected chi connectivity index (χ1v) is 8.24. The lowest BCUT2D eigenvalue weighted by Crippen LogP contribution is -2.39. The third kappa shape index (κ3) is 2.79. The van der Waals surface area contributed by atoms with E-state index in [1.54, 1.807) is 4.88 Å². The topological polar surface area (TPSA) is 29.3 Å². The van der Waals surface area contributed by atoms with Crippen LogP contribution in [0.1, 0.15) is 43.0 Å². The molecule has 0 amide bonds. The van der Waals surface area contributed by atoms with Crippen molar-refractivity contribution in [2.75, 3.05) is 19.6 Å². The number of likely N-dealkylation sites (tertiary alicyclic amines) is 1. The number of thiophene rings is 1. The molecule has 3 heteroatoms. The van der Waals surface area contributed by atoms with Gasteiger partial charge in [-0.05, 0) is 68.5 Å². The quantitative estimate of drug-likeness (QED) is 0.884. The molecule has 2 nitrogen and oxygen atoms in total. The van der Waals surface area contributed by atoms with E-state index in [0.29, 0.717) is 6.04 Å². The third-order valence-electron chi connectivity index (χ3n) is 4.42. The fraction of sp³-hybridized carbons (Fsp3) is 0.733. The highest BCUT2D eigenvalue weighted by Crippen LogP contribution is 2.47. The largest absolute Gasteiger partial charge is 0.330 e. The molecule has 0 bridgehead atoms. The molecule has 1 aromatic heterocycles. The minimum absolute atomic E-state index is 0.713. The number of hydrogen-bond donors (Lipinski definition) is 1. The zero-order valence-corrected chi connectivity index (χ0v) is 11.9. The zero-order chi connectivity index (χ0) is 12.4. The van der Waals surface area contributed by atoms with Crippen LogP contribution in [0.5, 0.6) is 0 Å². The summed E-state index contributed by atoms with van der Waals surface area (Å²) in [6.07, 6.45) is 6.81. The molecule has 3 rings (SSSR count). The van der Waals surface area contributed by atoms with E-state index in [4.69, 9.17) is 5.73 Å². The number of nitrogens with zero attached hydrogens (tertiary/aromatic N) is 1. The average Bonchev–Trinajstić information content (AvgIpc) is 3.05. The number of nitrogens with two attached hydrogens (primary N) is 1. The molecule has 2 unspecified atom stereocenters. The fourth-order valence-corrected chi connectivity index (χ4v) is 4.36. The summed E-state index contributed by atoms with van der Waals surface area (Å²) in [4.78, 5) is 4.35. The van der Waals surface area contributed by atoms with Crippen LogP contribution in [0.3, 0.4) is 0 Å². The highest BCUT2D eigenvalue weighted by Gasteiger charge is 2.38. The predicted molar refractivity (Wildman–Crippen MR) is 77.8 cm³/mol. The molecule has 0 radical (unpaired) electrons. The van der Waals surface area contributed by atoms with Crippen molar-refractivity contribution in [3.05, 3.63) is 22.4 Å². The molecule has 1 aliphatic carbocycles. The van der Waals surface area contributed by atoms with Gasteiger partial charge in [0.2, 0.25) is 0 Å². The Hall–Kier alpha value is -0.380. The van der Waals surface area contributed by atoms with E-state index in [9.17, 15) is 0 Å². The van der Waals surface area contributed by atoms with Crippen molar-refractivity contribution in [1.82, 2.24) is 4.90 Å². The van der Waals surface area contributed by atoms with Gasteiger partial charge >= 0.3 is 0 Å². The summed E-state index contributed by atoms with van der Waals surface area (Å²) in [7, 11) is 0. The second-order valence-electron chi connectivity index (χ2n) is 5.88. The normalized spacial score (nSPS) is 27.3. The highest BCUT2D eigenvalue weighted by atomic mass is 32.1. The Morgan fingerprint density at radius 3 is 2.94 bits per heavy atom. The first-order chi connectivity index (χ1) is 8.88. The van der Waals surface area contributed by atoms with Crippen molar-refractivity contribution >= 4 is 11.3 Å². The van der Waals surface area contributed by atoms with Gasteiger partial charge < -0.3 is 5.73 Å². The summed E-state index contributed by atoms with van der Waals surface area (Å²) < 4.78 is 0. The Morgan fingerprint density at radius 1 is 1.39 bits per heavy atom. The van der Waals surface area contributed by atoms with Crippen molar-refractivity contribution < 1.29 is 0 Å². The second-order valence-corrected chi connectivity index (χ2v) is 6.86. The Bertz CT molecular complexity index is 357. The average molecular weight is 264 g/mol. The van der Waals surface area contributed by atoms with Gasteiger partial charge in [0.1, 0.15) is 0 Å². The first-order valence-electron chi connectivity index (χ1n) is 7.36. The molecule has 2 atom stereocenters. The minimum Gasteiger partial charge on any atom is -0.330 e. The molecule has 1 aliphatic heterocycles. The summed E-state index contributed by atoms with van der Waals surface area (Å²) in [5.74, 6) is 1.77.